The van der Waals surface area contributed by atoms with Crippen molar-refractivity contribution in [2.45, 2.75) is 30.7 Å². The lowest BCUT2D eigenvalue weighted by Gasteiger charge is -2.12. The van der Waals surface area contributed by atoms with Crippen LogP contribution < -0.4 is 4.74 Å². The molecule has 0 fully saturated rings. The molecule has 0 radical (unpaired) electrons. The third-order valence-corrected chi connectivity index (χ3v) is 1.83. The molecule has 0 atom stereocenters. The quantitative estimate of drug-likeness (QED) is 0.775. The summed E-state index contributed by atoms with van der Waals surface area (Å²) < 4.78 is 3.63. The minimum Gasteiger partial charge on any atom is -0.461 e. The van der Waals surface area contributed by atoms with Gasteiger partial charge in [0, 0.05) is 0 Å². The van der Waals surface area contributed by atoms with Crippen LogP contribution >= 0.6 is 34.8 Å². The molecule has 84 valence electrons. The van der Waals surface area contributed by atoms with Crippen molar-refractivity contribution in [2.24, 2.45) is 0 Å². The van der Waals surface area contributed by atoms with E-state index in [-0.39, 0.29) is 17.9 Å². The van der Waals surface area contributed by atoms with Gasteiger partial charge in [0.05, 0.1) is 6.10 Å². The first-order valence-corrected chi connectivity index (χ1v) is 5.39. The molecular weight excluding hydrogens is 260 g/mol. The minimum absolute atomic E-state index is 0.0463. The Kier molecular flexibility index (Phi) is 3.98. The predicted octanol–water partition coefficient (Wildman–Crippen LogP) is 2.79. The van der Waals surface area contributed by atoms with Crippen molar-refractivity contribution in [1.82, 2.24) is 15.0 Å². The van der Waals surface area contributed by atoms with Gasteiger partial charge in [0.25, 0.3) is 0 Å². The van der Waals surface area contributed by atoms with Gasteiger partial charge in [-0.05, 0) is 20.8 Å². The molecule has 0 saturated heterocycles. The first kappa shape index (κ1) is 12.7. The third-order valence-electron chi connectivity index (χ3n) is 1.32. The Morgan fingerprint density at radius 1 is 1.13 bits per heavy atom. The van der Waals surface area contributed by atoms with E-state index < -0.39 is 3.79 Å². The van der Waals surface area contributed by atoms with Crippen LogP contribution in [0.4, 0.5) is 0 Å². The first-order chi connectivity index (χ1) is 6.79. The topological polar surface area (TPSA) is 47.9 Å². The maximum absolute atomic E-state index is 5.66. The van der Waals surface area contributed by atoms with Crippen LogP contribution in [0.15, 0.2) is 0 Å². The second-order valence-corrected chi connectivity index (χ2v) is 5.43. The van der Waals surface area contributed by atoms with Crippen LogP contribution in [-0.4, -0.2) is 21.1 Å². The molecule has 1 rings (SSSR count). The third kappa shape index (κ3) is 3.97. The van der Waals surface area contributed by atoms with Gasteiger partial charge in [0.1, 0.15) is 5.82 Å². The van der Waals surface area contributed by atoms with Gasteiger partial charge < -0.3 is 4.74 Å². The Morgan fingerprint density at radius 3 is 2.20 bits per heavy atom. The molecule has 0 N–H and O–H groups in total. The normalized spacial score (nSPS) is 11.9. The number of rotatable bonds is 2. The van der Waals surface area contributed by atoms with Gasteiger partial charge in [-0.1, -0.05) is 34.8 Å². The van der Waals surface area contributed by atoms with E-state index in [1.165, 1.54) is 0 Å². The lowest BCUT2D eigenvalue weighted by molar-refractivity contribution is 0.220. The highest BCUT2D eigenvalue weighted by molar-refractivity contribution is 6.66. The molecule has 0 aliphatic rings. The molecule has 0 aromatic carbocycles. The van der Waals surface area contributed by atoms with Crippen molar-refractivity contribution in [2.75, 3.05) is 0 Å². The number of alkyl halides is 3. The second kappa shape index (κ2) is 4.68. The smallest absolute Gasteiger partial charge is 0.320 e. The van der Waals surface area contributed by atoms with Gasteiger partial charge in [0.2, 0.25) is 3.79 Å². The molecule has 0 unspecified atom stereocenters. The predicted molar refractivity (Wildman–Crippen MR) is 59.6 cm³/mol. The number of ether oxygens (including phenoxy) is 1. The van der Waals surface area contributed by atoms with Crippen molar-refractivity contribution < 1.29 is 4.74 Å². The van der Waals surface area contributed by atoms with Crippen LogP contribution in [0.3, 0.4) is 0 Å². The van der Waals surface area contributed by atoms with E-state index in [4.69, 9.17) is 39.5 Å². The summed E-state index contributed by atoms with van der Waals surface area (Å²) >= 11 is 17.0. The summed E-state index contributed by atoms with van der Waals surface area (Å²) in [5, 5.41) is 0. The molecule has 15 heavy (non-hydrogen) atoms. The van der Waals surface area contributed by atoms with Crippen molar-refractivity contribution in [3.63, 3.8) is 0 Å². The minimum atomic E-state index is -1.66. The fraction of sp³-hybridized carbons (Fsp3) is 0.625. The van der Waals surface area contributed by atoms with Crippen molar-refractivity contribution in [3.8, 4) is 6.01 Å². The largest absolute Gasteiger partial charge is 0.461 e. The molecule has 4 nitrogen and oxygen atoms in total. The summed E-state index contributed by atoms with van der Waals surface area (Å²) in [7, 11) is 0. The molecule has 0 aliphatic heterocycles. The molecule has 1 aromatic rings. The summed E-state index contributed by atoms with van der Waals surface area (Å²) in [6, 6.07) is 0.166. The molecule has 1 heterocycles. The number of aryl methyl sites for hydroxylation is 1. The van der Waals surface area contributed by atoms with E-state index in [0.29, 0.717) is 5.82 Å². The molecular formula is C8H10Cl3N3O. The van der Waals surface area contributed by atoms with Gasteiger partial charge in [0.15, 0.2) is 5.82 Å². The van der Waals surface area contributed by atoms with Gasteiger partial charge in [-0.3, -0.25) is 0 Å². The number of nitrogens with zero attached hydrogens (tertiary/aromatic N) is 3. The fourth-order valence-corrected chi connectivity index (χ4v) is 1.10. The van der Waals surface area contributed by atoms with E-state index >= 15 is 0 Å². The van der Waals surface area contributed by atoms with E-state index in [1.807, 2.05) is 13.8 Å². The first-order valence-electron chi connectivity index (χ1n) is 4.25. The average molecular weight is 271 g/mol. The van der Waals surface area contributed by atoms with E-state index in [1.54, 1.807) is 6.92 Å². The molecule has 0 saturated carbocycles. The van der Waals surface area contributed by atoms with Gasteiger partial charge in [-0.25, -0.2) is 4.98 Å². The Bertz CT molecular complexity index is 351. The molecule has 0 aliphatic carbocycles. The van der Waals surface area contributed by atoms with Crippen molar-refractivity contribution in [1.29, 1.82) is 0 Å². The second-order valence-electron chi connectivity index (χ2n) is 3.15. The summed E-state index contributed by atoms with van der Waals surface area (Å²) in [5.74, 6) is 0.512. The number of hydrogen-bond acceptors (Lipinski definition) is 4. The zero-order valence-corrected chi connectivity index (χ0v) is 10.7. The van der Waals surface area contributed by atoms with Crippen molar-refractivity contribution in [3.05, 3.63) is 11.6 Å². The molecule has 1 aromatic heterocycles. The fourth-order valence-electron chi connectivity index (χ4n) is 0.848. The Hall–Kier alpha value is -0.320. The average Bonchev–Trinajstić information content (AvgIpc) is 1.99. The Labute approximate surface area is 103 Å². The van der Waals surface area contributed by atoms with Crippen LogP contribution in [0, 0.1) is 6.92 Å². The monoisotopic (exact) mass is 269 g/mol. The number of hydrogen-bond donors (Lipinski definition) is 0. The van der Waals surface area contributed by atoms with Gasteiger partial charge in [-0.2, -0.15) is 9.97 Å². The van der Waals surface area contributed by atoms with Crippen LogP contribution in [0.5, 0.6) is 6.01 Å². The molecule has 0 bridgehead atoms. The number of halogens is 3. The van der Waals surface area contributed by atoms with Crippen LogP contribution in [0.2, 0.25) is 0 Å². The van der Waals surface area contributed by atoms with Crippen LogP contribution in [0.1, 0.15) is 25.5 Å². The Morgan fingerprint density at radius 2 is 1.73 bits per heavy atom. The van der Waals surface area contributed by atoms with Gasteiger partial charge in [-0.15, -0.1) is 0 Å². The lowest BCUT2D eigenvalue weighted by Crippen LogP contribution is -2.14. The highest BCUT2D eigenvalue weighted by Gasteiger charge is 2.28. The maximum Gasteiger partial charge on any atom is 0.320 e. The van der Waals surface area contributed by atoms with Crippen LogP contribution in [0.25, 0.3) is 0 Å². The summed E-state index contributed by atoms with van der Waals surface area (Å²) in [5.41, 5.74) is 0. The summed E-state index contributed by atoms with van der Waals surface area (Å²) in [6.07, 6.45) is -0.0463. The highest BCUT2D eigenvalue weighted by Crippen LogP contribution is 2.36. The van der Waals surface area contributed by atoms with Gasteiger partial charge >= 0.3 is 6.01 Å². The van der Waals surface area contributed by atoms with Crippen molar-refractivity contribution >= 4 is 34.8 Å². The van der Waals surface area contributed by atoms with Crippen LogP contribution in [-0.2, 0) is 3.79 Å². The molecule has 0 spiro atoms. The summed E-state index contributed by atoms with van der Waals surface area (Å²) in [6.45, 7) is 5.39. The summed E-state index contributed by atoms with van der Waals surface area (Å²) in [4.78, 5) is 11.8. The SMILES string of the molecule is Cc1nc(OC(C)C)nc(C(Cl)(Cl)Cl)n1. The zero-order valence-electron chi connectivity index (χ0n) is 8.46. The Balaban J connectivity index is 3.06. The van der Waals surface area contributed by atoms with E-state index in [0.717, 1.165) is 0 Å². The zero-order chi connectivity index (χ0) is 11.6. The highest BCUT2D eigenvalue weighted by atomic mass is 35.6. The van der Waals surface area contributed by atoms with E-state index in [2.05, 4.69) is 15.0 Å². The standard InChI is InChI=1S/C8H10Cl3N3O/c1-4(2)15-7-13-5(3)12-6(14-7)8(9,10)11/h4H,1-3H3. The molecule has 7 heteroatoms. The lowest BCUT2D eigenvalue weighted by atomic mass is 10.5. The maximum atomic E-state index is 5.66. The number of aromatic nitrogens is 3. The van der Waals surface area contributed by atoms with E-state index in [9.17, 15) is 0 Å². The molecule has 0 amide bonds.